The van der Waals surface area contributed by atoms with E-state index in [9.17, 15) is 22.0 Å². The molecule has 2 aromatic carbocycles. The van der Waals surface area contributed by atoms with Crippen molar-refractivity contribution in [1.82, 2.24) is 9.88 Å². The summed E-state index contributed by atoms with van der Waals surface area (Å²) < 4.78 is 52.5. The molecule has 0 saturated carbocycles. The fourth-order valence-electron chi connectivity index (χ4n) is 3.04. The van der Waals surface area contributed by atoms with Gasteiger partial charge in [-0.1, -0.05) is 24.3 Å². The first kappa shape index (κ1) is 26.1. The van der Waals surface area contributed by atoms with E-state index < -0.39 is 27.4 Å². The van der Waals surface area contributed by atoms with Crippen molar-refractivity contribution in [3.63, 3.8) is 0 Å². The Labute approximate surface area is 196 Å². The number of sulfone groups is 1. The van der Waals surface area contributed by atoms with Crippen LogP contribution in [0.2, 0.25) is 0 Å². The lowest BCUT2D eigenvalue weighted by atomic mass is 10.2. The van der Waals surface area contributed by atoms with Crippen molar-refractivity contribution in [3.8, 4) is 0 Å². The zero-order valence-corrected chi connectivity index (χ0v) is 20.3. The van der Waals surface area contributed by atoms with Gasteiger partial charge in [0.2, 0.25) is 0 Å². The van der Waals surface area contributed by atoms with Gasteiger partial charge in [0.1, 0.15) is 11.3 Å². The minimum Gasteiger partial charge on any atom is -0.309 e. The van der Waals surface area contributed by atoms with Crippen LogP contribution in [-0.4, -0.2) is 57.1 Å². The lowest BCUT2D eigenvalue weighted by molar-refractivity contribution is 0.0986. The molecule has 6 nitrogen and oxygen atoms in total. The highest BCUT2D eigenvalue weighted by atomic mass is 35.5. The van der Waals surface area contributed by atoms with Crippen molar-refractivity contribution in [2.75, 3.05) is 37.8 Å². The van der Waals surface area contributed by atoms with Crippen molar-refractivity contribution >= 4 is 54.8 Å². The van der Waals surface area contributed by atoms with Gasteiger partial charge in [-0.25, -0.2) is 22.2 Å². The first-order valence-corrected chi connectivity index (χ1v) is 12.1. The predicted molar refractivity (Wildman–Crippen MR) is 126 cm³/mol. The first-order chi connectivity index (χ1) is 14.6. The van der Waals surface area contributed by atoms with E-state index in [-0.39, 0.29) is 45.8 Å². The van der Waals surface area contributed by atoms with Gasteiger partial charge >= 0.3 is 0 Å². The van der Waals surface area contributed by atoms with Crippen LogP contribution in [0.5, 0.6) is 0 Å². The predicted octanol–water partition coefficient (Wildman–Crippen LogP) is 4.39. The number of benzene rings is 2. The Bertz CT molecular complexity index is 1220. The Kier molecular flexibility index (Phi) is 8.69. The van der Waals surface area contributed by atoms with Gasteiger partial charge in [-0.15, -0.1) is 12.4 Å². The van der Waals surface area contributed by atoms with Crippen LogP contribution in [-0.2, 0) is 9.84 Å². The molecule has 0 saturated heterocycles. The van der Waals surface area contributed by atoms with Crippen LogP contribution >= 0.6 is 23.7 Å². The minimum atomic E-state index is -3.49. The molecule has 11 heteroatoms. The third-order valence-electron chi connectivity index (χ3n) is 4.69. The number of rotatable bonds is 8. The third-order valence-corrected chi connectivity index (χ3v) is 7.44. The molecule has 174 valence electrons. The van der Waals surface area contributed by atoms with Gasteiger partial charge in [0.25, 0.3) is 5.91 Å². The monoisotopic (exact) mass is 503 g/mol. The first-order valence-electron chi connectivity index (χ1n) is 9.67. The molecule has 0 aliphatic rings. The normalized spacial score (nSPS) is 11.6. The Balaban J connectivity index is 0.00000363. The number of amides is 1. The largest absolute Gasteiger partial charge is 0.309 e. The van der Waals surface area contributed by atoms with Crippen molar-refractivity contribution in [1.29, 1.82) is 0 Å². The van der Waals surface area contributed by atoms with Gasteiger partial charge in [0.05, 0.1) is 15.3 Å². The molecule has 0 aliphatic heterocycles. The quantitative estimate of drug-likeness (QED) is 0.456. The number of fused-ring (bicyclic) bond motifs is 1. The highest BCUT2D eigenvalue weighted by molar-refractivity contribution is 7.91. The second kappa shape index (κ2) is 10.7. The zero-order chi connectivity index (χ0) is 22.8. The summed E-state index contributed by atoms with van der Waals surface area (Å²) in [7, 11) is 0.322. The van der Waals surface area contributed by atoms with Crippen LogP contribution in [0.1, 0.15) is 23.7 Å². The van der Waals surface area contributed by atoms with Gasteiger partial charge in [-0.3, -0.25) is 9.69 Å². The number of aromatic nitrogens is 1. The molecule has 1 aromatic heterocycles. The van der Waals surface area contributed by atoms with E-state index >= 15 is 0 Å². The van der Waals surface area contributed by atoms with Crippen LogP contribution in [0.15, 0.2) is 41.3 Å². The van der Waals surface area contributed by atoms with E-state index in [4.69, 9.17) is 0 Å². The number of nitrogens with zero attached hydrogens (tertiary/aromatic N) is 3. The van der Waals surface area contributed by atoms with Crippen molar-refractivity contribution in [3.05, 3.63) is 53.6 Å². The average Bonchev–Trinajstić information content (AvgIpc) is 3.14. The number of hydrogen-bond acceptors (Lipinski definition) is 6. The average molecular weight is 504 g/mol. The van der Waals surface area contributed by atoms with Crippen LogP contribution in [0.3, 0.4) is 0 Å². The maximum atomic E-state index is 14.2. The maximum absolute atomic E-state index is 14.2. The van der Waals surface area contributed by atoms with Gasteiger partial charge in [-0.2, -0.15) is 0 Å². The van der Waals surface area contributed by atoms with Gasteiger partial charge in [0, 0.05) is 18.2 Å². The summed E-state index contributed by atoms with van der Waals surface area (Å²) in [5.74, 6) is -2.05. The number of carbonyl (C=O) groups excluding carboxylic acids is 1. The second-order valence-electron chi connectivity index (χ2n) is 7.28. The summed E-state index contributed by atoms with van der Waals surface area (Å²) in [6, 6.07) is 7.76. The zero-order valence-electron chi connectivity index (χ0n) is 17.8. The highest BCUT2D eigenvalue weighted by Crippen LogP contribution is 2.32. The molecule has 32 heavy (non-hydrogen) atoms. The molecule has 0 spiro atoms. The summed E-state index contributed by atoms with van der Waals surface area (Å²) in [4.78, 5) is 21.0. The van der Waals surface area contributed by atoms with Crippen LogP contribution in [0, 0.1) is 11.6 Å². The third kappa shape index (κ3) is 5.80. The number of halogens is 3. The Morgan fingerprint density at radius 3 is 2.50 bits per heavy atom. The smallest absolute Gasteiger partial charge is 0.260 e. The molecular weight excluding hydrogens is 480 g/mol. The van der Waals surface area contributed by atoms with E-state index in [1.54, 1.807) is 0 Å². The molecule has 0 N–H and O–H groups in total. The van der Waals surface area contributed by atoms with Crippen LogP contribution in [0.25, 0.3) is 10.2 Å². The second-order valence-corrected chi connectivity index (χ2v) is 10.6. The Hall–Kier alpha value is -2.14. The van der Waals surface area contributed by atoms with Crippen molar-refractivity contribution in [2.45, 2.75) is 18.2 Å². The molecule has 3 aromatic rings. The van der Waals surface area contributed by atoms with Crippen LogP contribution in [0.4, 0.5) is 13.9 Å². The number of anilines is 1. The molecule has 0 atom stereocenters. The van der Waals surface area contributed by atoms with Gasteiger partial charge in [0.15, 0.2) is 20.8 Å². The number of carbonyl (C=O) groups is 1. The summed E-state index contributed by atoms with van der Waals surface area (Å²) >= 11 is 1.01. The minimum absolute atomic E-state index is 0. The summed E-state index contributed by atoms with van der Waals surface area (Å²) in [5.41, 5.74) is 0.180. The molecule has 0 radical (unpaired) electrons. The molecular formula is C21H24ClF2N3O3S2. The van der Waals surface area contributed by atoms with E-state index in [0.717, 1.165) is 17.4 Å². The van der Waals surface area contributed by atoms with E-state index in [0.29, 0.717) is 17.7 Å². The molecule has 3 rings (SSSR count). The molecule has 0 fully saturated rings. The lowest BCUT2D eigenvalue weighted by Gasteiger charge is -2.21. The summed E-state index contributed by atoms with van der Waals surface area (Å²) in [6.45, 7) is 2.51. The maximum Gasteiger partial charge on any atom is 0.260 e. The fourth-order valence-corrected chi connectivity index (χ4v) is 4.99. The number of hydrogen-bond donors (Lipinski definition) is 0. The number of thiazole rings is 1. The SMILES string of the molecule is CCS(=O)(=O)c1cccc(C(=O)N(CCCN(C)C)c2nc3c(F)cc(F)cc3s2)c1.Cl. The topological polar surface area (TPSA) is 70.6 Å². The fraction of sp³-hybridized carbons (Fsp3) is 0.333. The molecule has 0 unspecified atom stereocenters. The highest BCUT2D eigenvalue weighted by Gasteiger charge is 2.24. The van der Waals surface area contributed by atoms with E-state index in [1.165, 1.54) is 42.2 Å². The van der Waals surface area contributed by atoms with E-state index in [1.807, 2.05) is 19.0 Å². The Morgan fingerprint density at radius 2 is 1.84 bits per heavy atom. The van der Waals surface area contributed by atoms with Crippen LogP contribution < -0.4 is 4.90 Å². The van der Waals surface area contributed by atoms with Gasteiger partial charge < -0.3 is 4.90 Å². The summed E-state index contributed by atoms with van der Waals surface area (Å²) in [5, 5.41) is 0.229. The molecule has 1 heterocycles. The summed E-state index contributed by atoms with van der Waals surface area (Å²) in [6.07, 6.45) is 0.610. The lowest BCUT2D eigenvalue weighted by Crippen LogP contribution is -2.33. The van der Waals surface area contributed by atoms with Crippen molar-refractivity contribution < 1.29 is 22.0 Å². The molecule has 1 amide bonds. The van der Waals surface area contributed by atoms with Crippen molar-refractivity contribution in [2.24, 2.45) is 0 Å². The molecule has 0 bridgehead atoms. The van der Waals surface area contributed by atoms with Gasteiger partial charge in [-0.05, 0) is 51.3 Å². The standard InChI is InChI=1S/C21H23F2N3O3S2.ClH/c1-4-31(28,29)16-8-5-7-14(11-16)20(27)26(10-6-9-25(2)3)21-24-19-17(23)12-15(22)13-18(19)30-21;/h5,7-8,11-13H,4,6,9-10H2,1-3H3;1H. The Morgan fingerprint density at radius 1 is 1.12 bits per heavy atom. The van der Waals surface area contributed by atoms with E-state index in [2.05, 4.69) is 4.98 Å². The molecule has 0 aliphatic carbocycles.